The van der Waals surface area contributed by atoms with Gasteiger partial charge in [-0.3, -0.25) is 9.58 Å². The molecule has 7 heteroatoms. The summed E-state index contributed by atoms with van der Waals surface area (Å²) in [5.74, 6) is 0.195. The van der Waals surface area contributed by atoms with E-state index in [1.165, 1.54) is 6.26 Å². The molecule has 1 atom stereocenters. The van der Waals surface area contributed by atoms with Crippen LogP contribution in [0, 0.1) is 6.92 Å². The lowest BCUT2D eigenvalue weighted by Crippen LogP contribution is -2.29. The summed E-state index contributed by atoms with van der Waals surface area (Å²) in [6, 6.07) is 0.197. The van der Waals surface area contributed by atoms with E-state index in [0.29, 0.717) is 11.7 Å². The van der Waals surface area contributed by atoms with Gasteiger partial charge in [-0.25, -0.2) is 8.42 Å². The van der Waals surface area contributed by atoms with Crippen LogP contribution in [0.5, 0.6) is 0 Å². The largest absolute Gasteiger partial charge is 0.295 e. The normalized spacial score (nSPS) is 21.2. The fourth-order valence-electron chi connectivity index (χ4n) is 2.73. The molecular formula is C12H20ClN3O2S. The molecule has 1 aromatic rings. The molecule has 0 saturated carbocycles. The molecule has 1 aliphatic rings. The Bertz CT molecular complexity index is 568. The monoisotopic (exact) mass is 305 g/mol. The lowest BCUT2D eigenvalue weighted by atomic mass is 10.1. The Balaban J connectivity index is 2.19. The quantitative estimate of drug-likeness (QED) is 0.847. The van der Waals surface area contributed by atoms with Gasteiger partial charge in [0.15, 0.2) is 0 Å². The predicted octanol–water partition coefficient (Wildman–Crippen LogP) is 1.56. The summed E-state index contributed by atoms with van der Waals surface area (Å²) in [6.07, 6.45) is 3.36. The fourth-order valence-corrected chi connectivity index (χ4v) is 3.60. The van der Waals surface area contributed by atoms with Gasteiger partial charge in [0, 0.05) is 31.5 Å². The van der Waals surface area contributed by atoms with E-state index >= 15 is 0 Å². The second-order valence-corrected chi connectivity index (χ2v) is 7.86. The van der Waals surface area contributed by atoms with Gasteiger partial charge >= 0.3 is 0 Å². The summed E-state index contributed by atoms with van der Waals surface area (Å²) in [6.45, 7) is 3.44. The van der Waals surface area contributed by atoms with Crippen molar-refractivity contribution in [1.29, 1.82) is 0 Å². The van der Waals surface area contributed by atoms with Gasteiger partial charge in [-0.2, -0.15) is 5.10 Å². The molecule has 1 saturated heterocycles. The molecule has 1 aromatic heterocycles. The number of rotatable bonds is 4. The van der Waals surface area contributed by atoms with Crippen LogP contribution in [0.15, 0.2) is 0 Å². The van der Waals surface area contributed by atoms with Crippen LogP contribution in [0.25, 0.3) is 0 Å². The first-order valence-electron chi connectivity index (χ1n) is 6.40. The maximum Gasteiger partial charge on any atom is 0.148 e. The van der Waals surface area contributed by atoms with Gasteiger partial charge in [0.2, 0.25) is 0 Å². The van der Waals surface area contributed by atoms with Crippen LogP contribution in [0.3, 0.4) is 0 Å². The lowest BCUT2D eigenvalue weighted by Gasteiger charge is -2.24. The first kappa shape index (κ1) is 14.8. The van der Waals surface area contributed by atoms with E-state index in [0.717, 1.165) is 30.6 Å². The van der Waals surface area contributed by atoms with Crippen molar-refractivity contribution < 1.29 is 8.42 Å². The van der Waals surface area contributed by atoms with Gasteiger partial charge in [0.25, 0.3) is 0 Å². The molecule has 0 radical (unpaired) electrons. The number of hydrogen-bond acceptors (Lipinski definition) is 4. The van der Waals surface area contributed by atoms with Crippen molar-refractivity contribution in [2.45, 2.75) is 25.8 Å². The highest BCUT2D eigenvalue weighted by molar-refractivity contribution is 7.90. The van der Waals surface area contributed by atoms with Crippen molar-refractivity contribution in [3.05, 3.63) is 16.4 Å². The zero-order chi connectivity index (χ0) is 14.2. The summed E-state index contributed by atoms with van der Waals surface area (Å²) in [4.78, 5) is 2.21. The molecule has 0 N–H and O–H groups in total. The highest BCUT2D eigenvalue weighted by Gasteiger charge is 2.31. The van der Waals surface area contributed by atoms with Crippen molar-refractivity contribution in [2.24, 2.45) is 7.05 Å². The number of aryl methyl sites for hydroxylation is 2. The van der Waals surface area contributed by atoms with E-state index in [1.807, 2.05) is 14.0 Å². The van der Waals surface area contributed by atoms with Crippen LogP contribution < -0.4 is 0 Å². The minimum absolute atomic E-state index is 0.195. The highest BCUT2D eigenvalue weighted by Crippen LogP contribution is 2.37. The van der Waals surface area contributed by atoms with E-state index in [2.05, 4.69) is 10.00 Å². The molecule has 0 spiro atoms. The molecule has 5 nitrogen and oxygen atoms in total. The summed E-state index contributed by atoms with van der Waals surface area (Å²) in [5.41, 5.74) is 1.99. The number of nitrogens with zero attached hydrogens (tertiary/aromatic N) is 3. The number of hydrogen-bond donors (Lipinski definition) is 0. The third-order valence-electron chi connectivity index (χ3n) is 3.64. The first-order chi connectivity index (χ1) is 8.79. The Morgan fingerprint density at radius 3 is 2.68 bits per heavy atom. The molecule has 1 fully saturated rings. The van der Waals surface area contributed by atoms with Gasteiger partial charge in [0.1, 0.15) is 15.0 Å². The summed E-state index contributed by atoms with van der Waals surface area (Å²) < 4.78 is 24.3. The van der Waals surface area contributed by atoms with Gasteiger partial charge in [0.05, 0.1) is 11.4 Å². The third-order valence-corrected chi connectivity index (χ3v) is 5.01. The van der Waals surface area contributed by atoms with E-state index in [9.17, 15) is 8.42 Å². The topological polar surface area (TPSA) is 55.2 Å². The Labute approximate surface area is 119 Å². The maximum atomic E-state index is 11.3. The van der Waals surface area contributed by atoms with Gasteiger partial charge in [-0.1, -0.05) is 11.6 Å². The molecule has 0 aliphatic carbocycles. The van der Waals surface area contributed by atoms with E-state index in [4.69, 9.17) is 11.6 Å². The fraction of sp³-hybridized carbons (Fsp3) is 0.750. The van der Waals surface area contributed by atoms with Crippen molar-refractivity contribution in [1.82, 2.24) is 14.7 Å². The Morgan fingerprint density at radius 2 is 2.16 bits per heavy atom. The number of halogens is 1. The molecule has 1 aliphatic heterocycles. The number of likely N-dealkylation sites (tertiary alicyclic amines) is 1. The molecule has 0 unspecified atom stereocenters. The summed E-state index contributed by atoms with van der Waals surface area (Å²) in [5, 5.41) is 5.00. The summed E-state index contributed by atoms with van der Waals surface area (Å²) in [7, 11) is -1.10. The van der Waals surface area contributed by atoms with Crippen LogP contribution in [0.1, 0.15) is 30.1 Å². The second-order valence-electron chi connectivity index (χ2n) is 5.24. The predicted molar refractivity (Wildman–Crippen MR) is 76.2 cm³/mol. The van der Waals surface area contributed by atoms with Crippen molar-refractivity contribution in [3.63, 3.8) is 0 Å². The second kappa shape index (κ2) is 5.42. The Hall–Kier alpha value is -0.590. The summed E-state index contributed by atoms with van der Waals surface area (Å²) >= 11 is 6.31. The van der Waals surface area contributed by atoms with Crippen LogP contribution in [-0.2, 0) is 16.9 Å². The number of aromatic nitrogens is 2. The molecule has 19 heavy (non-hydrogen) atoms. The zero-order valence-electron chi connectivity index (χ0n) is 11.6. The van der Waals surface area contributed by atoms with Gasteiger partial charge in [-0.15, -0.1) is 0 Å². The van der Waals surface area contributed by atoms with Crippen molar-refractivity contribution in [2.75, 3.05) is 25.1 Å². The lowest BCUT2D eigenvalue weighted by molar-refractivity contribution is 0.272. The average molecular weight is 306 g/mol. The first-order valence-corrected chi connectivity index (χ1v) is 8.84. The molecule has 108 valence electrons. The molecule has 0 amide bonds. The van der Waals surface area contributed by atoms with E-state index < -0.39 is 9.84 Å². The Kier molecular flexibility index (Phi) is 4.23. The zero-order valence-corrected chi connectivity index (χ0v) is 13.1. The highest BCUT2D eigenvalue weighted by atomic mass is 35.5. The standard InChI is InChI=1S/C12H20ClN3O2S/c1-9-11(12(13)15(2)14-9)10-5-4-6-16(10)7-8-19(3,17)18/h10H,4-8H2,1-3H3/t10-/m1/s1. The van der Waals surface area contributed by atoms with Crippen molar-refractivity contribution >= 4 is 21.4 Å². The van der Waals surface area contributed by atoms with Gasteiger partial charge in [-0.05, 0) is 26.3 Å². The molecular weight excluding hydrogens is 286 g/mol. The number of sulfone groups is 1. The molecule has 0 bridgehead atoms. The van der Waals surface area contributed by atoms with E-state index in [-0.39, 0.29) is 11.8 Å². The van der Waals surface area contributed by atoms with Gasteiger partial charge < -0.3 is 0 Å². The van der Waals surface area contributed by atoms with Crippen LogP contribution in [-0.4, -0.2) is 48.2 Å². The van der Waals surface area contributed by atoms with Crippen molar-refractivity contribution in [3.8, 4) is 0 Å². The maximum absolute atomic E-state index is 11.3. The minimum Gasteiger partial charge on any atom is -0.295 e. The van der Waals surface area contributed by atoms with Crippen LogP contribution in [0.2, 0.25) is 5.15 Å². The smallest absolute Gasteiger partial charge is 0.148 e. The molecule has 0 aromatic carbocycles. The molecule has 2 heterocycles. The van der Waals surface area contributed by atoms with Crippen LogP contribution >= 0.6 is 11.6 Å². The third kappa shape index (κ3) is 3.30. The molecule has 2 rings (SSSR count). The average Bonchev–Trinajstić information content (AvgIpc) is 2.82. The van der Waals surface area contributed by atoms with E-state index in [1.54, 1.807) is 4.68 Å². The Morgan fingerprint density at radius 1 is 1.47 bits per heavy atom. The SMILES string of the molecule is Cc1nn(C)c(Cl)c1[C@H]1CCCN1CCS(C)(=O)=O. The minimum atomic E-state index is -2.93. The van der Waals surface area contributed by atoms with Crippen LogP contribution in [0.4, 0.5) is 0 Å².